The van der Waals surface area contributed by atoms with E-state index in [0.29, 0.717) is 0 Å². The molecule has 0 atom stereocenters. The summed E-state index contributed by atoms with van der Waals surface area (Å²) in [4.78, 5) is 23.8. The Morgan fingerprint density at radius 3 is 2.16 bits per heavy atom. The lowest BCUT2D eigenvalue weighted by molar-refractivity contribution is -0.120. The molecule has 0 heterocycles. The minimum Gasteiger partial charge on any atom is -0.493 e. The van der Waals surface area contributed by atoms with Gasteiger partial charge >= 0.3 is 0 Å². The van der Waals surface area contributed by atoms with Crippen LogP contribution in [0.2, 0.25) is 0 Å². The van der Waals surface area contributed by atoms with Crippen molar-refractivity contribution in [1.29, 1.82) is 0 Å². The van der Waals surface area contributed by atoms with Crippen LogP contribution in [0.1, 0.15) is 28.8 Å². The van der Waals surface area contributed by atoms with Crippen molar-refractivity contribution in [2.45, 2.75) is 30.3 Å². The van der Waals surface area contributed by atoms with Crippen LogP contribution in [0.5, 0.6) is 17.2 Å². The van der Waals surface area contributed by atoms with E-state index in [1.165, 1.54) is 38.5 Å². The first-order valence-electron chi connectivity index (χ1n) is 9.80. The van der Waals surface area contributed by atoms with Gasteiger partial charge in [0, 0.05) is 18.2 Å². The van der Waals surface area contributed by atoms with Crippen LogP contribution < -0.4 is 30.0 Å². The number of benzene rings is 2. The zero-order valence-electron chi connectivity index (χ0n) is 17.7. The van der Waals surface area contributed by atoms with E-state index in [1.54, 1.807) is 12.1 Å². The number of sulfonamides is 1. The lowest BCUT2D eigenvalue weighted by Gasteiger charge is -2.15. The zero-order valence-corrected chi connectivity index (χ0v) is 18.5. The van der Waals surface area contributed by atoms with Gasteiger partial charge in [-0.3, -0.25) is 9.59 Å². The number of amides is 2. The number of hydrogen-bond donors (Lipinski definition) is 3. The van der Waals surface area contributed by atoms with Crippen molar-refractivity contribution in [1.82, 2.24) is 10.0 Å². The molecular formula is C21H25N3O7S. The van der Waals surface area contributed by atoms with Crippen LogP contribution in [0, 0.1) is 0 Å². The normalized spacial score (nSPS) is 13.3. The van der Waals surface area contributed by atoms with Gasteiger partial charge in [-0.25, -0.2) is 13.1 Å². The number of ether oxygens (including phenoxy) is 3. The molecule has 2 aromatic carbocycles. The number of primary amides is 1. The molecule has 0 aliphatic heterocycles. The number of rotatable bonds is 11. The standard InChI is InChI=1S/C21H25N3O7S/c1-29-17-9-14(10-18(30-2)20(17)31-12-19(22)25)21(26)23-11-13-3-7-16(8-4-13)32(27,28)24-15-5-6-15/h3-4,7-10,15,24H,5-6,11-12H2,1-2H3,(H2,22,25)(H,23,26). The molecule has 11 heteroatoms. The van der Waals surface area contributed by atoms with Crippen molar-refractivity contribution in [2.75, 3.05) is 20.8 Å². The molecule has 1 saturated carbocycles. The summed E-state index contributed by atoms with van der Waals surface area (Å²) >= 11 is 0. The van der Waals surface area contributed by atoms with Gasteiger partial charge in [0.15, 0.2) is 18.1 Å². The Hall–Kier alpha value is -3.31. The fourth-order valence-electron chi connectivity index (χ4n) is 2.86. The molecule has 2 aromatic rings. The Bertz CT molecular complexity index is 1070. The molecule has 0 bridgehead atoms. The lowest BCUT2D eigenvalue weighted by atomic mass is 10.1. The number of nitrogens with two attached hydrogens (primary N) is 1. The highest BCUT2D eigenvalue weighted by atomic mass is 32.2. The largest absolute Gasteiger partial charge is 0.493 e. The maximum Gasteiger partial charge on any atom is 0.255 e. The van der Waals surface area contributed by atoms with Crippen LogP contribution in [-0.4, -0.2) is 47.1 Å². The Morgan fingerprint density at radius 1 is 1.06 bits per heavy atom. The lowest BCUT2D eigenvalue weighted by Crippen LogP contribution is -2.26. The molecule has 4 N–H and O–H groups in total. The van der Waals surface area contributed by atoms with Gasteiger partial charge in [-0.15, -0.1) is 0 Å². The molecule has 0 spiro atoms. The summed E-state index contributed by atoms with van der Waals surface area (Å²) in [6.07, 6.45) is 1.72. The second-order valence-electron chi connectivity index (χ2n) is 7.19. The van der Waals surface area contributed by atoms with Gasteiger partial charge in [0.05, 0.1) is 19.1 Å². The van der Waals surface area contributed by atoms with E-state index in [4.69, 9.17) is 19.9 Å². The highest BCUT2D eigenvalue weighted by Gasteiger charge is 2.27. The number of carbonyl (C=O) groups is 2. The van der Waals surface area contributed by atoms with Crippen molar-refractivity contribution in [3.63, 3.8) is 0 Å². The minimum absolute atomic E-state index is 0.0283. The molecule has 0 aromatic heterocycles. The SMILES string of the molecule is COc1cc(C(=O)NCc2ccc(S(=O)(=O)NC3CC3)cc2)cc(OC)c1OCC(N)=O. The first-order valence-corrected chi connectivity index (χ1v) is 11.3. The van der Waals surface area contributed by atoms with Crippen LogP contribution in [0.3, 0.4) is 0 Å². The summed E-state index contributed by atoms with van der Waals surface area (Å²) < 4.78 is 42.9. The summed E-state index contributed by atoms with van der Waals surface area (Å²) in [7, 11) is -0.743. The highest BCUT2D eigenvalue weighted by Crippen LogP contribution is 2.38. The van der Waals surface area contributed by atoms with Gasteiger partial charge in [-0.2, -0.15) is 0 Å². The topological polar surface area (TPSA) is 146 Å². The van der Waals surface area contributed by atoms with Crippen molar-refractivity contribution in [3.05, 3.63) is 47.5 Å². The molecule has 3 rings (SSSR count). The molecule has 32 heavy (non-hydrogen) atoms. The molecule has 1 fully saturated rings. The predicted octanol–water partition coefficient (Wildman–Crippen LogP) is 0.939. The Morgan fingerprint density at radius 2 is 1.66 bits per heavy atom. The van der Waals surface area contributed by atoms with Crippen LogP contribution in [0.25, 0.3) is 0 Å². The van der Waals surface area contributed by atoms with Crippen LogP contribution >= 0.6 is 0 Å². The molecule has 0 radical (unpaired) electrons. The number of hydrogen-bond acceptors (Lipinski definition) is 7. The van der Waals surface area contributed by atoms with Gasteiger partial charge in [-0.1, -0.05) is 12.1 Å². The van der Waals surface area contributed by atoms with Crippen LogP contribution in [0.4, 0.5) is 0 Å². The fraction of sp³-hybridized carbons (Fsp3) is 0.333. The molecule has 172 valence electrons. The average molecular weight is 464 g/mol. The smallest absolute Gasteiger partial charge is 0.255 e. The Balaban J connectivity index is 1.68. The summed E-state index contributed by atoms with van der Waals surface area (Å²) in [5.74, 6) is -0.517. The molecule has 0 unspecified atom stereocenters. The Labute approximate surface area is 186 Å². The van der Waals surface area contributed by atoms with E-state index in [2.05, 4.69) is 10.0 Å². The average Bonchev–Trinajstić information content (AvgIpc) is 3.58. The maximum atomic E-state index is 12.6. The van der Waals surface area contributed by atoms with Gasteiger partial charge in [-0.05, 0) is 42.7 Å². The first-order chi connectivity index (χ1) is 15.2. The van der Waals surface area contributed by atoms with Gasteiger partial charge < -0.3 is 25.3 Å². The predicted molar refractivity (Wildman–Crippen MR) is 115 cm³/mol. The molecular weight excluding hydrogens is 438 g/mol. The third-order valence-corrected chi connectivity index (χ3v) is 6.20. The molecule has 10 nitrogen and oxygen atoms in total. The van der Waals surface area contributed by atoms with Crippen LogP contribution in [0.15, 0.2) is 41.3 Å². The highest BCUT2D eigenvalue weighted by molar-refractivity contribution is 7.89. The van der Waals surface area contributed by atoms with E-state index in [9.17, 15) is 18.0 Å². The summed E-state index contributed by atoms with van der Waals surface area (Å²) in [6.45, 7) is -0.195. The van der Waals surface area contributed by atoms with Gasteiger partial charge in [0.1, 0.15) is 0 Å². The van der Waals surface area contributed by atoms with E-state index in [1.807, 2.05) is 0 Å². The summed E-state index contributed by atoms with van der Waals surface area (Å²) in [6, 6.07) is 9.22. The maximum absolute atomic E-state index is 12.6. The summed E-state index contributed by atoms with van der Waals surface area (Å²) in [5.41, 5.74) is 6.08. The van der Waals surface area contributed by atoms with Gasteiger partial charge in [0.25, 0.3) is 11.8 Å². The van der Waals surface area contributed by atoms with E-state index in [-0.39, 0.29) is 46.9 Å². The fourth-order valence-corrected chi connectivity index (χ4v) is 4.16. The molecule has 2 amide bonds. The van der Waals surface area contributed by atoms with E-state index >= 15 is 0 Å². The van der Waals surface area contributed by atoms with Crippen molar-refractivity contribution < 1.29 is 32.2 Å². The Kier molecular flexibility index (Phi) is 7.21. The molecule has 0 saturated heterocycles. The van der Waals surface area contributed by atoms with Crippen molar-refractivity contribution >= 4 is 21.8 Å². The third-order valence-electron chi connectivity index (χ3n) is 4.67. The van der Waals surface area contributed by atoms with E-state index < -0.39 is 21.8 Å². The number of methoxy groups -OCH3 is 2. The molecule has 1 aliphatic rings. The van der Waals surface area contributed by atoms with Crippen molar-refractivity contribution in [3.8, 4) is 17.2 Å². The zero-order chi connectivity index (χ0) is 23.3. The second-order valence-corrected chi connectivity index (χ2v) is 8.90. The monoisotopic (exact) mass is 463 g/mol. The van der Waals surface area contributed by atoms with Crippen molar-refractivity contribution in [2.24, 2.45) is 5.73 Å². The number of carbonyl (C=O) groups excluding carboxylic acids is 2. The second kappa shape index (κ2) is 9.88. The van der Waals surface area contributed by atoms with Gasteiger partial charge in [0.2, 0.25) is 15.8 Å². The first kappa shape index (κ1) is 23.4. The quantitative estimate of drug-likeness (QED) is 0.449. The molecule has 1 aliphatic carbocycles. The summed E-state index contributed by atoms with van der Waals surface area (Å²) in [5, 5.41) is 2.76. The number of nitrogens with one attached hydrogen (secondary N) is 2. The third kappa shape index (κ3) is 5.89. The minimum atomic E-state index is -3.52. The van der Waals surface area contributed by atoms with E-state index in [0.717, 1.165) is 18.4 Å². The van der Waals surface area contributed by atoms with Crippen LogP contribution in [-0.2, 0) is 21.4 Å².